The molecule has 124 valence electrons. The molecule has 0 saturated heterocycles. The van der Waals surface area contributed by atoms with Crippen LogP contribution in [0.25, 0.3) is 0 Å². The van der Waals surface area contributed by atoms with Crippen molar-refractivity contribution in [2.45, 2.75) is 36.9 Å². The first-order chi connectivity index (χ1) is 10.0. The van der Waals surface area contributed by atoms with Crippen molar-refractivity contribution in [2.75, 3.05) is 0 Å². The molecule has 4 bridgehead atoms. The Hall–Kier alpha value is -0.630. The number of allylic oxidation sites excluding steroid dienone is 2. The Morgan fingerprint density at radius 3 is 2.45 bits per heavy atom. The van der Waals surface area contributed by atoms with Crippen LogP contribution in [0, 0.1) is 35.0 Å². The van der Waals surface area contributed by atoms with Crippen LogP contribution in [0.5, 0.6) is 0 Å². The highest BCUT2D eigenvalue weighted by Gasteiger charge is 2.77. The van der Waals surface area contributed by atoms with E-state index in [2.05, 4.69) is 0 Å². The molecule has 0 aromatic heterocycles. The van der Waals surface area contributed by atoms with E-state index in [0.29, 0.717) is 6.42 Å². The van der Waals surface area contributed by atoms with Gasteiger partial charge in [-0.1, -0.05) is 12.2 Å². The minimum Gasteiger partial charge on any atom is -0.281 e. The molecule has 6 atom stereocenters. The van der Waals surface area contributed by atoms with Gasteiger partial charge in [0.15, 0.2) is 0 Å². The predicted molar refractivity (Wildman–Crippen MR) is 68.9 cm³/mol. The number of halogens is 4. The van der Waals surface area contributed by atoms with Crippen molar-refractivity contribution in [2.24, 2.45) is 35.0 Å². The van der Waals surface area contributed by atoms with Crippen LogP contribution < -0.4 is 0 Å². The second-order valence-corrected chi connectivity index (χ2v) is 8.78. The highest BCUT2D eigenvalue weighted by molar-refractivity contribution is 7.87. The third kappa shape index (κ3) is 1.44. The van der Waals surface area contributed by atoms with Crippen LogP contribution in [0.15, 0.2) is 12.2 Å². The number of alkyl halides is 4. The molecule has 6 unspecified atom stereocenters. The van der Waals surface area contributed by atoms with E-state index in [1.165, 1.54) is 0 Å². The van der Waals surface area contributed by atoms with Crippen LogP contribution >= 0.6 is 0 Å². The van der Waals surface area contributed by atoms with Crippen LogP contribution in [0.1, 0.15) is 25.7 Å². The molecule has 0 aromatic rings. The molecule has 3 nitrogen and oxygen atoms in total. The van der Waals surface area contributed by atoms with Gasteiger partial charge in [0.2, 0.25) is 0 Å². The zero-order valence-corrected chi connectivity index (χ0v) is 12.4. The molecule has 0 aliphatic heterocycles. The zero-order chi connectivity index (χ0) is 16.1. The summed E-state index contributed by atoms with van der Waals surface area (Å²) in [6.45, 7) is 0. The number of fused-ring (bicyclic) bond motifs is 2. The molecular weight excluding hydrogens is 324 g/mol. The lowest BCUT2D eigenvalue weighted by molar-refractivity contribution is -0.225. The third-order valence-electron chi connectivity index (χ3n) is 6.69. The summed E-state index contributed by atoms with van der Waals surface area (Å²) in [5.74, 6) is -6.93. The molecule has 3 saturated carbocycles. The first kappa shape index (κ1) is 14.9. The molecule has 0 aromatic carbocycles. The SMILES string of the molecule is O=S(=O)(O)C(F)(F)C(F)(F)C1CC2CC1C1C3C=CCC21C3. The van der Waals surface area contributed by atoms with Crippen LogP contribution in [0.2, 0.25) is 0 Å². The van der Waals surface area contributed by atoms with Crippen molar-refractivity contribution < 1.29 is 30.5 Å². The normalized spacial score (nSPS) is 46.5. The van der Waals surface area contributed by atoms with Crippen molar-refractivity contribution >= 4 is 10.1 Å². The molecule has 8 heteroatoms. The smallest absolute Gasteiger partial charge is 0.281 e. The van der Waals surface area contributed by atoms with Crippen LogP contribution in [-0.2, 0) is 10.1 Å². The van der Waals surface area contributed by atoms with Gasteiger partial charge >= 0.3 is 21.3 Å². The van der Waals surface area contributed by atoms with E-state index in [-0.39, 0.29) is 29.6 Å². The van der Waals surface area contributed by atoms with Gasteiger partial charge < -0.3 is 0 Å². The summed E-state index contributed by atoms with van der Waals surface area (Å²) in [5.41, 5.74) is -0.0238. The van der Waals surface area contributed by atoms with Crippen molar-refractivity contribution in [3.05, 3.63) is 12.2 Å². The number of hydrogen-bond acceptors (Lipinski definition) is 2. The number of hydrogen-bond donors (Lipinski definition) is 1. The van der Waals surface area contributed by atoms with Crippen LogP contribution in [0.3, 0.4) is 0 Å². The molecule has 0 radical (unpaired) electrons. The molecule has 4 aliphatic carbocycles. The summed E-state index contributed by atoms with van der Waals surface area (Å²) in [7, 11) is -6.14. The van der Waals surface area contributed by atoms with Gasteiger partial charge in [0.05, 0.1) is 0 Å². The highest BCUT2D eigenvalue weighted by Crippen LogP contribution is 2.77. The minimum absolute atomic E-state index is 0.0238. The Bertz CT molecular complexity index is 659. The third-order valence-corrected chi connectivity index (χ3v) is 7.61. The lowest BCUT2D eigenvalue weighted by atomic mass is 9.43. The lowest BCUT2D eigenvalue weighted by Gasteiger charge is -2.61. The zero-order valence-electron chi connectivity index (χ0n) is 11.6. The fraction of sp³-hybridized carbons (Fsp3) is 0.857. The summed E-state index contributed by atoms with van der Waals surface area (Å²) in [5, 5.41) is -5.43. The fourth-order valence-corrected chi connectivity index (χ4v) is 6.42. The van der Waals surface area contributed by atoms with Crippen LogP contribution in [0.4, 0.5) is 17.6 Å². The van der Waals surface area contributed by atoms with E-state index in [4.69, 9.17) is 4.55 Å². The van der Waals surface area contributed by atoms with Crippen molar-refractivity contribution in [1.29, 1.82) is 0 Å². The second kappa shape index (κ2) is 3.88. The maximum absolute atomic E-state index is 14.3. The topological polar surface area (TPSA) is 54.4 Å². The largest absolute Gasteiger partial charge is 0.431 e. The van der Waals surface area contributed by atoms with Crippen molar-refractivity contribution in [3.8, 4) is 0 Å². The number of rotatable bonds is 3. The maximum atomic E-state index is 14.3. The quantitative estimate of drug-likeness (QED) is 0.487. The molecule has 0 heterocycles. The standard InChI is InChI=1S/C14H16F4O3S/c15-13(16,14(17,18)22(19,20)21)10-5-8-4-9(10)11-7-2-1-3-12(8,11)6-7/h1-2,7-11H,3-6H2,(H,19,20,21). The van der Waals surface area contributed by atoms with E-state index in [0.717, 1.165) is 12.8 Å². The molecule has 22 heavy (non-hydrogen) atoms. The Balaban J connectivity index is 1.68. The Kier molecular flexibility index (Phi) is 2.63. The molecule has 1 N–H and O–H groups in total. The van der Waals surface area contributed by atoms with E-state index >= 15 is 0 Å². The minimum atomic E-state index is -6.14. The van der Waals surface area contributed by atoms with Gasteiger partial charge in [-0.2, -0.15) is 26.0 Å². The van der Waals surface area contributed by atoms with Gasteiger partial charge in [-0.05, 0) is 54.8 Å². The van der Waals surface area contributed by atoms with Gasteiger partial charge in [0, 0.05) is 5.92 Å². The molecule has 4 aliphatic rings. The van der Waals surface area contributed by atoms with E-state index in [1.54, 1.807) is 0 Å². The fourth-order valence-electron chi connectivity index (χ4n) is 5.93. The Labute approximate surface area is 125 Å². The second-order valence-electron chi connectivity index (χ2n) is 7.31. The summed E-state index contributed by atoms with van der Waals surface area (Å²) in [6, 6.07) is 0. The van der Waals surface area contributed by atoms with Crippen molar-refractivity contribution in [1.82, 2.24) is 0 Å². The monoisotopic (exact) mass is 340 g/mol. The average molecular weight is 340 g/mol. The first-order valence-electron chi connectivity index (χ1n) is 7.42. The first-order valence-corrected chi connectivity index (χ1v) is 8.86. The van der Waals surface area contributed by atoms with Gasteiger partial charge in [-0.3, -0.25) is 4.55 Å². The van der Waals surface area contributed by atoms with E-state index in [1.807, 2.05) is 12.2 Å². The molecule has 0 amide bonds. The van der Waals surface area contributed by atoms with Gasteiger partial charge in [-0.15, -0.1) is 0 Å². The summed E-state index contributed by atoms with van der Waals surface area (Å²) < 4.78 is 85.7. The summed E-state index contributed by atoms with van der Waals surface area (Å²) in [4.78, 5) is 0. The van der Waals surface area contributed by atoms with Crippen LogP contribution in [-0.4, -0.2) is 24.1 Å². The Morgan fingerprint density at radius 1 is 1.18 bits per heavy atom. The maximum Gasteiger partial charge on any atom is 0.431 e. The molecule has 3 fully saturated rings. The average Bonchev–Trinajstić information content (AvgIpc) is 2.91. The van der Waals surface area contributed by atoms with E-state index in [9.17, 15) is 26.0 Å². The van der Waals surface area contributed by atoms with Gasteiger partial charge in [0.25, 0.3) is 0 Å². The highest BCUT2D eigenvalue weighted by atomic mass is 32.2. The van der Waals surface area contributed by atoms with E-state index < -0.39 is 33.1 Å². The molecule has 4 rings (SSSR count). The van der Waals surface area contributed by atoms with Gasteiger partial charge in [-0.25, -0.2) is 0 Å². The predicted octanol–water partition coefficient (Wildman–Crippen LogP) is 3.34. The lowest BCUT2D eigenvalue weighted by Crippen LogP contribution is -2.60. The molecular formula is C14H16F4O3S. The Morgan fingerprint density at radius 2 is 1.86 bits per heavy atom. The summed E-state index contributed by atoms with van der Waals surface area (Å²) >= 11 is 0. The van der Waals surface area contributed by atoms with Crippen molar-refractivity contribution in [3.63, 3.8) is 0 Å². The molecule has 0 spiro atoms. The van der Waals surface area contributed by atoms with Gasteiger partial charge in [0.1, 0.15) is 0 Å². The summed E-state index contributed by atoms with van der Waals surface area (Å²) in [6.07, 6.45) is 6.14.